The van der Waals surface area contributed by atoms with Crippen molar-refractivity contribution >= 4 is 32.2 Å². The monoisotopic (exact) mass is 289 g/mol. The Balaban J connectivity index is 2.24. The zero-order chi connectivity index (χ0) is 13.2. The van der Waals surface area contributed by atoms with Gasteiger partial charge in [0.15, 0.2) is 21.5 Å². The van der Waals surface area contributed by atoms with Crippen LogP contribution >= 0.6 is 11.5 Å². The summed E-state index contributed by atoms with van der Waals surface area (Å²) in [5.74, 6) is 0.395. The largest absolute Gasteiger partial charge is 0.382 e. The number of nitrogen functional groups attached to an aromatic ring is 1. The highest BCUT2D eigenvalue weighted by molar-refractivity contribution is 7.91. The first-order valence-corrected chi connectivity index (χ1v) is 7.44. The molecule has 98 valence electrons. The van der Waals surface area contributed by atoms with Crippen LogP contribution < -0.4 is 11.1 Å². The fourth-order valence-corrected chi connectivity index (χ4v) is 3.44. The Labute approximate surface area is 107 Å². The first-order valence-electron chi connectivity index (χ1n) is 5.01. The van der Waals surface area contributed by atoms with Gasteiger partial charge in [0.1, 0.15) is 9.90 Å². The number of sulfone groups is 1. The van der Waals surface area contributed by atoms with Crippen LogP contribution in [-0.2, 0) is 16.4 Å². The Hall–Kier alpha value is -1.68. The molecule has 0 unspecified atom stereocenters. The summed E-state index contributed by atoms with van der Waals surface area (Å²) < 4.78 is 32.1. The van der Waals surface area contributed by atoms with Crippen LogP contribution in [-0.4, -0.2) is 28.7 Å². The minimum absolute atomic E-state index is 0.0115. The second kappa shape index (κ2) is 4.90. The van der Waals surface area contributed by atoms with Crippen LogP contribution in [0, 0.1) is 0 Å². The van der Waals surface area contributed by atoms with Crippen LogP contribution in [0.3, 0.4) is 0 Å². The maximum Gasteiger partial charge on any atom is 0.213 e. The van der Waals surface area contributed by atoms with Gasteiger partial charge in [0.25, 0.3) is 0 Å². The average Bonchev–Trinajstić information content (AvgIpc) is 2.95. The minimum atomic E-state index is -3.41. The summed E-state index contributed by atoms with van der Waals surface area (Å²) in [6.45, 7) is 1.79. The average molecular weight is 289 g/mol. The van der Waals surface area contributed by atoms with E-state index in [1.165, 1.54) is 6.39 Å². The number of hydrogen-bond acceptors (Lipinski definition) is 9. The van der Waals surface area contributed by atoms with Crippen LogP contribution in [0.5, 0.6) is 0 Å². The number of hydrogen-bond donors (Lipinski definition) is 2. The number of aromatic nitrogens is 3. The van der Waals surface area contributed by atoms with Crippen LogP contribution in [0.15, 0.2) is 15.8 Å². The molecule has 0 atom stereocenters. The van der Waals surface area contributed by atoms with E-state index >= 15 is 0 Å². The smallest absolute Gasteiger partial charge is 0.213 e. The summed E-state index contributed by atoms with van der Waals surface area (Å²) in [6.07, 6.45) is 1.20. The maximum absolute atomic E-state index is 11.9. The number of nitrogens with one attached hydrogen (secondary N) is 1. The zero-order valence-electron chi connectivity index (χ0n) is 9.45. The van der Waals surface area contributed by atoms with E-state index < -0.39 is 9.84 Å². The Morgan fingerprint density at radius 2 is 2.33 bits per heavy atom. The number of nitrogens with zero attached hydrogens (tertiary/aromatic N) is 3. The van der Waals surface area contributed by atoms with Gasteiger partial charge in [-0.3, -0.25) is 0 Å². The van der Waals surface area contributed by atoms with Gasteiger partial charge in [-0.15, -0.1) is 0 Å². The van der Waals surface area contributed by atoms with Gasteiger partial charge >= 0.3 is 0 Å². The molecule has 2 rings (SSSR count). The Morgan fingerprint density at radius 3 is 2.94 bits per heavy atom. The topological polar surface area (TPSA) is 124 Å². The summed E-state index contributed by atoms with van der Waals surface area (Å²) in [5, 5.41) is 6.88. The van der Waals surface area contributed by atoms with Crippen LogP contribution in [0.1, 0.15) is 12.7 Å². The molecular formula is C8H11N5O3S2. The molecule has 0 bridgehead atoms. The molecule has 3 N–H and O–H groups in total. The molecule has 2 heterocycles. The van der Waals surface area contributed by atoms with Gasteiger partial charge < -0.3 is 15.6 Å². The van der Waals surface area contributed by atoms with Crippen molar-refractivity contribution in [2.45, 2.75) is 18.4 Å². The van der Waals surface area contributed by atoms with Gasteiger partial charge in [0.2, 0.25) is 6.39 Å². The molecule has 0 fully saturated rings. The van der Waals surface area contributed by atoms with E-state index in [0.717, 1.165) is 11.5 Å². The third kappa shape index (κ3) is 2.43. The van der Waals surface area contributed by atoms with Crippen molar-refractivity contribution in [2.24, 2.45) is 0 Å². The molecule has 0 aromatic carbocycles. The summed E-state index contributed by atoms with van der Waals surface area (Å²) in [4.78, 5) is 3.85. The summed E-state index contributed by atoms with van der Waals surface area (Å²) >= 11 is 0.989. The lowest BCUT2D eigenvalue weighted by Gasteiger charge is -2.04. The predicted octanol–water partition coefficient (Wildman–Crippen LogP) is 0.514. The SMILES string of the molecule is CCS(=O)(=O)c1c(N)nsc1NCc1ncon1. The van der Waals surface area contributed by atoms with Crippen molar-refractivity contribution < 1.29 is 12.9 Å². The number of nitrogens with two attached hydrogens (primary N) is 1. The van der Waals surface area contributed by atoms with E-state index in [1.807, 2.05) is 0 Å². The highest BCUT2D eigenvalue weighted by atomic mass is 32.2. The molecule has 0 amide bonds. The normalized spacial score (nSPS) is 11.6. The van der Waals surface area contributed by atoms with Crippen molar-refractivity contribution in [3.63, 3.8) is 0 Å². The number of anilines is 2. The van der Waals surface area contributed by atoms with Crippen molar-refractivity contribution in [1.29, 1.82) is 0 Å². The third-order valence-corrected chi connectivity index (χ3v) is 4.92. The fraction of sp³-hybridized carbons (Fsp3) is 0.375. The van der Waals surface area contributed by atoms with E-state index in [4.69, 9.17) is 5.73 Å². The second-order valence-corrected chi connectivity index (χ2v) is 6.32. The summed E-state index contributed by atoms with van der Waals surface area (Å²) in [6, 6.07) is 0. The molecule has 0 aliphatic heterocycles. The Morgan fingerprint density at radius 1 is 1.56 bits per heavy atom. The molecule has 2 aromatic heterocycles. The molecule has 0 saturated heterocycles. The van der Waals surface area contributed by atoms with Crippen molar-refractivity contribution in [3.05, 3.63) is 12.2 Å². The molecular weight excluding hydrogens is 278 g/mol. The highest BCUT2D eigenvalue weighted by Gasteiger charge is 2.23. The number of rotatable bonds is 5. The van der Waals surface area contributed by atoms with Crippen LogP contribution in [0.25, 0.3) is 0 Å². The molecule has 0 radical (unpaired) electrons. The Kier molecular flexibility index (Phi) is 3.48. The van der Waals surface area contributed by atoms with Gasteiger partial charge in [-0.05, 0) is 11.5 Å². The van der Waals surface area contributed by atoms with Crippen molar-refractivity contribution in [2.75, 3.05) is 16.8 Å². The Bertz CT molecular complexity index is 619. The van der Waals surface area contributed by atoms with Gasteiger partial charge in [0, 0.05) is 0 Å². The summed E-state index contributed by atoms with van der Waals surface area (Å²) in [7, 11) is -3.41. The lowest BCUT2D eigenvalue weighted by molar-refractivity contribution is 0.411. The molecule has 0 aliphatic carbocycles. The third-order valence-electron chi connectivity index (χ3n) is 2.18. The quantitative estimate of drug-likeness (QED) is 0.816. The molecule has 18 heavy (non-hydrogen) atoms. The van der Waals surface area contributed by atoms with Crippen LogP contribution in [0.4, 0.5) is 10.8 Å². The van der Waals surface area contributed by atoms with E-state index in [0.29, 0.717) is 10.8 Å². The van der Waals surface area contributed by atoms with Gasteiger partial charge in [-0.1, -0.05) is 12.1 Å². The van der Waals surface area contributed by atoms with E-state index in [2.05, 4.69) is 24.4 Å². The molecule has 0 aliphatic rings. The molecule has 2 aromatic rings. The lowest BCUT2D eigenvalue weighted by Crippen LogP contribution is -2.09. The molecule has 0 spiro atoms. The highest BCUT2D eigenvalue weighted by Crippen LogP contribution is 2.32. The van der Waals surface area contributed by atoms with Gasteiger partial charge in [-0.25, -0.2) is 8.42 Å². The van der Waals surface area contributed by atoms with Crippen molar-refractivity contribution in [1.82, 2.24) is 14.5 Å². The fourth-order valence-electron chi connectivity index (χ4n) is 1.28. The first-order chi connectivity index (χ1) is 8.54. The van der Waals surface area contributed by atoms with E-state index in [1.54, 1.807) is 6.92 Å². The van der Waals surface area contributed by atoms with Crippen LogP contribution in [0.2, 0.25) is 0 Å². The maximum atomic E-state index is 11.9. The van der Waals surface area contributed by atoms with Crippen molar-refractivity contribution in [3.8, 4) is 0 Å². The second-order valence-electron chi connectivity index (χ2n) is 3.33. The summed E-state index contributed by atoms with van der Waals surface area (Å²) in [5.41, 5.74) is 5.58. The minimum Gasteiger partial charge on any atom is -0.382 e. The zero-order valence-corrected chi connectivity index (χ0v) is 11.1. The van der Waals surface area contributed by atoms with Gasteiger partial charge in [0.05, 0.1) is 12.3 Å². The first kappa shape index (κ1) is 12.8. The van der Waals surface area contributed by atoms with E-state index in [9.17, 15) is 8.42 Å². The molecule has 10 heteroatoms. The molecule has 8 nitrogen and oxygen atoms in total. The predicted molar refractivity (Wildman–Crippen MR) is 65.9 cm³/mol. The molecule has 0 saturated carbocycles. The lowest BCUT2D eigenvalue weighted by atomic mass is 10.5. The standard InChI is InChI=1S/C8H11N5O3S2/c1-2-18(14,15)6-7(9)13-17-8(6)10-3-5-11-4-16-12-5/h4,10H,2-3H2,1H3,(H2,9,13). The van der Waals surface area contributed by atoms with E-state index in [-0.39, 0.29) is 23.0 Å². The van der Waals surface area contributed by atoms with Gasteiger partial charge in [-0.2, -0.15) is 9.36 Å².